The summed E-state index contributed by atoms with van der Waals surface area (Å²) in [5.41, 5.74) is 0.0447. The van der Waals surface area contributed by atoms with Crippen molar-refractivity contribution in [2.75, 3.05) is 0 Å². The molecule has 0 fully saturated rings. The normalized spacial score (nSPS) is 10.5. The standard InChI is InChI=1S/C11H13N3O/c1-13-9-5-12-11(13)4-8-14-6-2-10(15)3-7-14/h2-3,5-7,9H,4,8H2,1H3. The van der Waals surface area contributed by atoms with E-state index in [1.807, 2.05) is 22.4 Å². The van der Waals surface area contributed by atoms with Gasteiger partial charge in [-0.3, -0.25) is 4.79 Å². The van der Waals surface area contributed by atoms with Crippen LogP contribution >= 0.6 is 0 Å². The fourth-order valence-electron chi connectivity index (χ4n) is 1.46. The monoisotopic (exact) mass is 203 g/mol. The van der Waals surface area contributed by atoms with Gasteiger partial charge in [-0.25, -0.2) is 4.98 Å². The average Bonchev–Trinajstić information content (AvgIpc) is 2.63. The van der Waals surface area contributed by atoms with Crippen molar-refractivity contribution in [1.82, 2.24) is 14.1 Å². The fraction of sp³-hybridized carbons (Fsp3) is 0.273. The molecule has 0 aliphatic rings. The van der Waals surface area contributed by atoms with Crippen LogP contribution in [0.1, 0.15) is 5.82 Å². The second-order valence-corrected chi connectivity index (χ2v) is 3.48. The minimum atomic E-state index is 0.0447. The first-order valence-corrected chi connectivity index (χ1v) is 4.88. The Morgan fingerprint density at radius 1 is 1.27 bits per heavy atom. The Morgan fingerprint density at radius 3 is 2.60 bits per heavy atom. The maximum Gasteiger partial charge on any atom is 0.181 e. The summed E-state index contributed by atoms with van der Waals surface area (Å²) in [5.74, 6) is 1.05. The molecule has 0 atom stereocenters. The zero-order valence-corrected chi connectivity index (χ0v) is 8.63. The molecular formula is C11H13N3O. The van der Waals surface area contributed by atoms with Gasteiger partial charge < -0.3 is 9.13 Å². The van der Waals surface area contributed by atoms with Crippen molar-refractivity contribution in [2.24, 2.45) is 7.05 Å². The molecule has 0 N–H and O–H groups in total. The molecule has 0 aliphatic heterocycles. The molecule has 0 aliphatic carbocycles. The van der Waals surface area contributed by atoms with Crippen molar-refractivity contribution in [3.05, 3.63) is 53.0 Å². The Bertz CT molecular complexity index is 478. The van der Waals surface area contributed by atoms with E-state index < -0.39 is 0 Å². The molecule has 4 heteroatoms. The van der Waals surface area contributed by atoms with Crippen LogP contribution in [-0.4, -0.2) is 14.1 Å². The van der Waals surface area contributed by atoms with Crippen LogP contribution in [0, 0.1) is 0 Å². The third-order valence-electron chi connectivity index (χ3n) is 2.38. The number of aromatic nitrogens is 3. The highest BCUT2D eigenvalue weighted by molar-refractivity contribution is 4.95. The molecule has 0 unspecified atom stereocenters. The third kappa shape index (κ3) is 2.34. The van der Waals surface area contributed by atoms with Crippen LogP contribution in [0.25, 0.3) is 0 Å². The highest BCUT2D eigenvalue weighted by Crippen LogP contribution is 1.97. The minimum absolute atomic E-state index is 0.0447. The lowest BCUT2D eigenvalue weighted by atomic mass is 10.3. The van der Waals surface area contributed by atoms with Crippen molar-refractivity contribution in [3.63, 3.8) is 0 Å². The number of pyridine rings is 1. The summed E-state index contributed by atoms with van der Waals surface area (Å²) in [5, 5.41) is 0. The summed E-state index contributed by atoms with van der Waals surface area (Å²) in [6.45, 7) is 0.838. The molecule has 0 spiro atoms. The summed E-state index contributed by atoms with van der Waals surface area (Å²) < 4.78 is 3.98. The van der Waals surface area contributed by atoms with Crippen molar-refractivity contribution < 1.29 is 0 Å². The lowest BCUT2D eigenvalue weighted by Gasteiger charge is -2.05. The highest BCUT2D eigenvalue weighted by Gasteiger charge is 1.98. The van der Waals surface area contributed by atoms with Gasteiger partial charge in [0, 0.05) is 56.9 Å². The summed E-state index contributed by atoms with van der Waals surface area (Å²) in [6.07, 6.45) is 8.18. The Hall–Kier alpha value is -1.84. The molecule has 0 amide bonds. The van der Waals surface area contributed by atoms with E-state index in [-0.39, 0.29) is 5.43 Å². The van der Waals surface area contributed by atoms with E-state index in [4.69, 9.17) is 0 Å². The van der Waals surface area contributed by atoms with E-state index >= 15 is 0 Å². The Kier molecular flexibility index (Phi) is 2.67. The Morgan fingerprint density at radius 2 is 2.00 bits per heavy atom. The molecule has 0 saturated heterocycles. The molecule has 4 nitrogen and oxygen atoms in total. The van der Waals surface area contributed by atoms with Crippen LogP contribution in [0.4, 0.5) is 0 Å². The van der Waals surface area contributed by atoms with Gasteiger partial charge in [-0.05, 0) is 0 Å². The van der Waals surface area contributed by atoms with E-state index in [0.717, 1.165) is 18.8 Å². The summed E-state index contributed by atoms with van der Waals surface area (Å²) in [6, 6.07) is 3.14. The van der Waals surface area contributed by atoms with Crippen molar-refractivity contribution in [2.45, 2.75) is 13.0 Å². The van der Waals surface area contributed by atoms with Crippen molar-refractivity contribution in [1.29, 1.82) is 0 Å². The van der Waals surface area contributed by atoms with Gasteiger partial charge in [0.25, 0.3) is 0 Å². The molecule has 2 heterocycles. The highest BCUT2D eigenvalue weighted by atomic mass is 16.1. The van der Waals surface area contributed by atoms with Crippen LogP contribution in [0.3, 0.4) is 0 Å². The van der Waals surface area contributed by atoms with E-state index in [9.17, 15) is 4.79 Å². The van der Waals surface area contributed by atoms with Crippen molar-refractivity contribution in [3.8, 4) is 0 Å². The molecule has 0 radical (unpaired) electrons. The van der Waals surface area contributed by atoms with Gasteiger partial charge in [-0.15, -0.1) is 0 Å². The number of hydrogen-bond acceptors (Lipinski definition) is 2. The molecule has 15 heavy (non-hydrogen) atoms. The van der Waals surface area contributed by atoms with Gasteiger partial charge in [0.1, 0.15) is 5.82 Å². The predicted octanol–water partition coefficient (Wildman–Crippen LogP) is 0.825. The van der Waals surface area contributed by atoms with Gasteiger partial charge >= 0.3 is 0 Å². The van der Waals surface area contributed by atoms with Crippen LogP contribution < -0.4 is 5.43 Å². The van der Waals surface area contributed by atoms with E-state index in [0.29, 0.717) is 0 Å². The van der Waals surface area contributed by atoms with Gasteiger partial charge in [0.05, 0.1) is 0 Å². The minimum Gasteiger partial charge on any atom is -0.354 e. The number of nitrogens with zero attached hydrogens (tertiary/aromatic N) is 3. The zero-order chi connectivity index (χ0) is 10.7. The molecule has 0 saturated carbocycles. The van der Waals surface area contributed by atoms with Gasteiger partial charge in [0.15, 0.2) is 5.43 Å². The van der Waals surface area contributed by atoms with Crippen LogP contribution in [0.5, 0.6) is 0 Å². The third-order valence-corrected chi connectivity index (χ3v) is 2.38. The molecule has 2 aromatic heterocycles. The molecule has 2 aromatic rings. The summed E-state index contributed by atoms with van der Waals surface area (Å²) in [7, 11) is 1.98. The smallest absolute Gasteiger partial charge is 0.181 e. The van der Waals surface area contributed by atoms with Gasteiger partial charge in [-0.2, -0.15) is 0 Å². The number of imidazole rings is 1. The van der Waals surface area contributed by atoms with Crippen LogP contribution in [0.15, 0.2) is 41.7 Å². The molecular weight excluding hydrogens is 190 g/mol. The van der Waals surface area contributed by atoms with Gasteiger partial charge in [-0.1, -0.05) is 0 Å². The molecule has 0 aromatic carbocycles. The topological polar surface area (TPSA) is 39.8 Å². The number of rotatable bonds is 3. The predicted molar refractivity (Wildman–Crippen MR) is 57.6 cm³/mol. The number of hydrogen-bond donors (Lipinski definition) is 0. The Balaban J connectivity index is 2.02. The van der Waals surface area contributed by atoms with Crippen molar-refractivity contribution >= 4 is 0 Å². The lowest BCUT2D eigenvalue weighted by Crippen LogP contribution is -2.08. The Labute approximate surface area is 87.8 Å². The lowest BCUT2D eigenvalue weighted by molar-refractivity contribution is 0.646. The van der Waals surface area contributed by atoms with Crippen LogP contribution in [-0.2, 0) is 20.0 Å². The second kappa shape index (κ2) is 4.13. The maximum absolute atomic E-state index is 10.9. The first-order valence-electron chi connectivity index (χ1n) is 4.88. The molecule has 2 rings (SSSR count). The SMILES string of the molecule is Cn1ccnc1CCn1ccc(=O)cc1. The summed E-state index contributed by atoms with van der Waals surface area (Å²) in [4.78, 5) is 15.1. The molecule has 78 valence electrons. The maximum atomic E-state index is 10.9. The van der Waals surface area contributed by atoms with E-state index in [1.54, 1.807) is 30.7 Å². The largest absolute Gasteiger partial charge is 0.354 e. The fourth-order valence-corrected chi connectivity index (χ4v) is 1.46. The van der Waals surface area contributed by atoms with E-state index in [2.05, 4.69) is 4.98 Å². The van der Waals surface area contributed by atoms with Gasteiger partial charge in [0.2, 0.25) is 0 Å². The van der Waals surface area contributed by atoms with Crippen LogP contribution in [0.2, 0.25) is 0 Å². The second-order valence-electron chi connectivity index (χ2n) is 3.48. The quantitative estimate of drug-likeness (QED) is 0.741. The molecule has 0 bridgehead atoms. The first-order chi connectivity index (χ1) is 7.25. The first kappa shape index (κ1) is 9.71. The summed E-state index contributed by atoms with van der Waals surface area (Å²) >= 11 is 0. The zero-order valence-electron chi connectivity index (χ0n) is 8.63. The average molecular weight is 203 g/mol. The van der Waals surface area contributed by atoms with E-state index in [1.165, 1.54) is 0 Å². The number of aryl methyl sites for hydroxylation is 3.